The molecule has 23 heavy (non-hydrogen) atoms. The van der Waals surface area contributed by atoms with Crippen LogP contribution in [0.3, 0.4) is 0 Å². The van der Waals surface area contributed by atoms with E-state index in [2.05, 4.69) is 5.32 Å². The number of nitrogens with one attached hydrogen (secondary N) is 1. The number of para-hydroxylation sites is 1. The van der Waals surface area contributed by atoms with Crippen molar-refractivity contribution in [2.75, 3.05) is 17.7 Å². The van der Waals surface area contributed by atoms with Gasteiger partial charge in [0.15, 0.2) is 5.75 Å². The van der Waals surface area contributed by atoms with Gasteiger partial charge in [0.2, 0.25) is 0 Å². The third-order valence-electron chi connectivity index (χ3n) is 2.91. The third-order valence-corrected chi connectivity index (χ3v) is 3.21. The number of hydrogen-bond donors (Lipinski definition) is 2. The maximum Gasteiger partial charge on any atom is 0.257 e. The van der Waals surface area contributed by atoms with Crippen molar-refractivity contribution in [2.45, 2.75) is 13.3 Å². The molecule has 2 rings (SSSR count). The number of nitrogen functional groups attached to an aromatic ring is 1. The molecule has 0 spiro atoms. The van der Waals surface area contributed by atoms with Crippen LogP contribution < -0.4 is 15.9 Å². The van der Waals surface area contributed by atoms with Crippen LogP contribution in [0.2, 0.25) is 5.02 Å². The molecule has 2 aromatic carbocycles. The predicted octanol–water partition coefficient (Wildman–Crippen LogP) is 4.03. The lowest BCUT2D eigenvalue weighted by Crippen LogP contribution is -2.15. The minimum Gasteiger partial charge on any atom is -0.398 e. The Morgan fingerprint density at radius 1 is 1.35 bits per heavy atom. The van der Waals surface area contributed by atoms with E-state index in [1.165, 1.54) is 6.07 Å². The number of halogens is 2. The summed E-state index contributed by atoms with van der Waals surface area (Å²) in [7, 11) is 0. The molecule has 0 heterocycles. The van der Waals surface area contributed by atoms with Gasteiger partial charge in [-0.15, -0.1) is 0 Å². The fraction of sp³-hybridized carbons (Fsp3) is 0.188. The molecular weight excluding hydrogens is 323 g/mol. The number of hydrogen-bond acceptors (Lipinski definition) is 4. The van der Waals surface area contributed by atoms with Gasteiger partial charge in [-0.05, 0) is 24.6 Å². The highest BCUT2D eigenvalue weighted by atomic mass is 35.5. The summed E-state index contributed by atoms with van der Waals surface area (Å²) in [5, 5.41) is 2.48. The van der Waals surface area contributed by atoms with Crippen LogP contribution in [0.4, 0.5) is 15.8 Å². The number of amides is 1. The summed E-state index contributed by atoms with van der Waals surface area (Å²) in [6, 6.07) is 8.78. The van der Waals surface area contributed by atoms with E-state index in [1.807, 2.05) is 6.92 Å². The second-order valence-corrected chi connectivity index (χ2v) is 5.12. The van der Waals surface area contributed by atoms with Gasteiger partial charge in [0.1, 0.15) is 5.82 Å². The molecule has 0 saturated heterocycles. The molecule has 0 saturated carbocycles. The summed E-state index contributed by atoms with van der Waals surface area (Å²) >= 11 is 5.88. The zero-order valence-electron chi connectivity index (χ0n) is 12.4. The topological polar surface area (TPSA) is 73.6 Å². The van der Waals surface area contributed by atoms with Crippen molar-refractivity contribution in [3.8, 4) is 5.75 Å². The second-order valence-electron chi connectivity index (χ2n) is 4.71. The molecule has 0 bridgehead atoms. The average molecular weight is 339 g/mol. The zero-order chi connectivity index (χ0) is 16.8. The van der Waals surface area contributed by atoms with Crippen molar-refractivity contribution in [2.24, 2.45) is 0 Å². The third kappa shape index (κ3) is 4.34. The molecule has 0 radical (unpaired) electrons. The molecular formula is C16H16ClFN2O3. The maximum absolute atomic E-state index is 14.0. The molecule has 0 aliphatic rings. The minimum absolute atomic E-state index is 0.0378. The van der Waals surface area contributed by atoms with Crippen molar-refractivity contribution in [3.05, 3.63) is 52.8 Å². The lowest BCUT2D eigenvalue weighted by molar-refractivity contribution is -0.206. The predicted molar refractivity (Wildman–Crippen MR) is 87.1 cm³/mol. The molecule has 5 nitrogen and oxygen atoms in total. The molecule has 0 atom stereocenters. The van der Waals surface area contributed by atoms with Crippen LogP contribution in [0.5, 0.6) is 5.75 Å². The van der Waals surface area contributed by atoms with Gasteiger partial charge in [0, 0.05) is 11.8 Å². The van der Waals surface area contributed by atoms with E-state index in [0.29, 0.717) is 12.3 Å². The maximum atomic E-state index is 14.0. The molecule has 0 unspecified atom stereocenters. The second kappa shape index (κ2) is 7.80. The Balaban J connectivity index is 2.20. The minimum atomic E-state index is -0.694. The van der Waals surface area contributed by atoms with Gasteiger partial charge in [-0.3, -0.25) is 4.79 Å². The van der Waals surface area contributed by atoms with E-state index in [-0.39, 0.29) is 22.0 Å². The van der Waals surface area contributed by atoms with Crippen molar-refractivity contribution >= 4 is 28.9 Å². The van der Waals surface area contributed by atoms with Crippen molar-refractivity contribution in [1.29, 1.82) is 0 Å². The van der Waals surface area contributed by atoms with E-state index in [1.54, 1.807) is 24.3 Å². The normalized spacial score (nSPS) is 10.4. The Morgan fingerprint density at radius 2 is 2.09 bits per heavy atom. The van der Waals surface area contributed by atoms with Crippen molar-refractivity contribution in [1.82, 2.24) is 0 Å². The molecule has 2 aromatic rings. The van der Waals surface area contributed by atoms with Crippen LogP contribution in [0, 0.1) is 5.82 Å². The van der Waals surface area contributed by atoms with Crippen LogP contribution in [0.1, 0.15) is 23.7 Å². The summed E-state index contributed by atoms with van der Waals surface area (Å²) in [6.45, 7) is 2.27. The van der Waals surface area contributed by atoms with Gasteiger partial charge in [-0.25, -0.2) is 4.39 Å². The number of anilines is 2. The van der Waals surface area contributed by atoms with Crippen LogP contribution in [0.15, 0.2) is 36.4 Å². The Morgan fingerprint density at radius 3 is 2.78 bits per heavy atom. The number of nitrogens with two attached hydrogens (primary N) is 1. The first-order valence-electron chi connectivity index (χ1n) is 6.97. The molecule has 1 amide bonds. The summed E-state index contributed by atoms with van der Waals surface area (Å²) < 4.78 is 14.0. The van der Waals surface area contributed by atoms with Crippen molar-refractivity contribution < 1.29 is 19.0 Å². The monoisotopic (exact) mass is 338 g/mol. The highest BCUT2D eigenvalue weighted by Gasteiger charge is 2.15. The number of carbonyl (C=O) groups excluding carboxylic acids is 1. The highest BCUT2D eigenvalue weighted by molar-refractivity contribution is 6.32. The molecule has 0 fully saturated rings. The van der Waals surface area contributed by atoms with E-state index in [9.17, 15) is 9.18 Å². The fourth-order valence-corrected chi connectivity index (χ4v) is 1.95. The lowest BCUT2D eigenvalue weighted by Gasteiger charge is -2.11. The Bertz CT molecular complexity index is 710. The van der Waals surface area contributed by atoms with Crippen LogP contribution in [0.25, 0.3) is 0 Å². The van der Waals surface area contributed by atoms with Gasteiger partial charge in [0.05, 0.1) is 22.9 Å². The molecule has 7 heteroatoms. The molecule has 0 aliphatic carbocycles. The molecule has 122 valence electrons. The number of carbonyl (C=O) groups is 1. The first-order valence-corrected chi connectivity index (χ1v) is 7.35. The van der Waals surface area contributed by atoms with Gasteiger partial charge in [-0.2, -0.15) is 4.89 Å². The van der Waals surface area contributed by atoms with E-state index < -0.39 is 11.7 Å². The zero-order valence-corrected chi connectivity index (χ0v) is 13.2. The first kappa shape index (κ1) is 17.1. The molecule has 3 N–H and O–H groups in total. The van der Waals surface area contributed by atoms with Crippen LogP contribution in [-0.2, 0) is 4.89 Å². The smallest absolute Gasteiger partial charge is 0.257 e. The van der Waals surface area contributed by atoms with E-state index >= 15 is 0 Å². The quantitative estimate of drug-likeness (QED) is 0.361. The van der Waals surface area contributed by atoms with Crippen molar-refractivity contribution in [3.63, 3.8) is 0 Å². The van der Waals surface area contributed by atoms with Gasteiger partial charge in [0.25, 0.3) is 5.91 Å². The summed E-state index contributed by atoms with van der Waals surface area (Å²) in [4.78, 5) is 22.1. The molecule has 0 aromatic heterocycles. The van der Waals surface area contributed by atoms with Crippen LogP contribution in [-0.4, -0.2) is 12.5 Å². The SMILES string of the molecule is CCCOOc1cc(NC(=O)c2ccccc2N)c(F)cc1Cl. The highest BCUT2D eigenvalue weighted by Crippen LogP contribution is 2.31. The van der Waals surface area contributed by atoms with Crippen LogP contribution >= 0.6 is 11.6 Å². The van der Waals surface area contributed by atoms with Gasteiger partial charge < -0.3 is 15.9 Å². The van der Waals surface area contributed by atoms with Gasteiger partial charge in [-0.1, -0.05) is 30.7 Å². The summed E-state index contributed by atoms with van der Waals surface area (Å²) in [6.07, 6.45) is 0.746. The van der Waals surface area contributed by atoms with E-state index in [0.717, 1.165) is 12.5 Å². The Kier molecular flexibility index (Phi) is 5.78. The number of rotatable bonds is 6. The average Bonchev–Trinajstić information content (AvgIpc) is 2.52. The molecule has 0 aliphatic heterocycles. The summed E-state index contributed by atoms with van der Waals surface area (Å²) in [5.74, 6) is -1.12. The number of benzene rings is 2. The lowest BCUT2D eigenvalue weighted by atomic mass is 10.1. The Hall–Kier alpha value is -2.31. The Labute approximate surface area is 138 Å². The fourth-order valence-electron chi connectivity index (χ4n) is 1.77. The first-order chi connectivity index (χ1) is 11.0. The largest absolute Gasteiger partial charge is 0.398 e. The summed E-state index contributed by atoms with van der Waals surface area (Å²) in [5.41, 5.74) is 6.18. The van der Waals surface area contributed by atoms with E-state index in [4.69, 9.17) is 27.1 Å². The standard InChI is InChI=1S/C16H16ClFN2O3/c1-2-7-22-23-15-9-14(12(18)8-11(15)17)20-16(21)10-5-3-4-6-13(10)19/h3-6,8-9H,2,7,19H2,1H3,(H,20,21). The van der Waals surface area contributed by atoms with Gasteiger partial charge >= 0.3 is 0 Å².